The van der Waals surface area contributed by atoms with E-state index in [1.807, 2.05) is 42.5 Å². The minimum absolute atomic E-state index is 0.162. The molecule has 0 aliphatic heterocycles. The maximum absolute atomic E-state index is 11.9. The second-order valence-electron chi connectivity index (χ2n) is 13.0. The Morgan fingerprint density at radius 3 is 1.67 bits per heavy atom. The molecular weight excluding hydrogens is 643 g/mol. The van der Waals surface area contributed by atoms with Crippen LogP contribution in [0.2, 0.25) is 0 Å². The van der Waals surface area contributed by atoms with Crippen LogP contribution >= 0.6 is 0 Å². The highest BCUT2D eigenvalue weighted by molar-refractivity contribution is 5.92. The molecule has 0 heterocycles. The fourth-order valence-electron chi connectivity index (χ4n) is 6.80. The number of fused-ring (bicyclic) bond motifs is 3. The van der Waals surface area contributed by atoms with E-state index in [4.69, 9.17) is 9.47 Å². The standard InChI is InChI=1S/C47H37NO4/c1-5-45(49)51-38-25-18-34(19-26-38)42(33-12-8-7-9-13-33)30-32-16-20-35(21-17-32)48(36-22-27-39(28-23-36)52-46(50)6-2)37-24-29-41-40-14-10-11-15-43(40)47(3,4)44(41)31-37/h5-31H,1-2H2,3-4H3. The lowest BCUT2D eigenvalue weighted by Crippen LogP contribution is -2.16. The average Bonchev–Trinajstić information content (AvgIpc) is 3.41. The first-order valence-electron chi connectivity index (χ1n) is 17.1. The molecule has 0 radical (unpaired) electrons. The summed E-state index contributed by atoms with van der Waals surface area (Å²) in [6, 6.07) is 48.9. The minimum atomic E-state index is -0.504. The molecule has 0 N–H and O–H groups in total. The van der Waals surface area contributed by atoms with Gasteiger partial charge in [-0.25, -0.2) is 9.59 Å². The Bertz CT molecular complexity index is 2320. The lowest BCUT2D eigenvalue weighted by atomic mass is 9.82. The van der Waals surface area contributed by atoms with Crippen LogP contribution in [0.15, 0.2) is 171 Å². The Labute approximate surface area is 304 Å². The van der Waals surface area contributed by atoms with Crippen molar-refractivity contribution < 1.29 is 19.1 Å². The Kier molecular flexibility index (Phi) is 9.26. The van der Waals surface area contributed by atoms with Gasteiger partial charge in [-0.2, -0.15) is 0 Å². The van der Waals surface area contributed by atoms with E-state index in [1.54, 1.807) is 24.3 Å². The second-order valence-corrected chi connectivity index (χ2v) is 13.0. The largest absolute Gasteiger partial charge is 0.423 e. The number of benzene rings is 6. The summed E-state index contributed by atoms with van der Waals surface area (Å²) < 4.78 is 10.7. The first-order chi connectivity index (χ1) is 25.2. The van der Waals surface area contributed by atoms with Gasteiger partial charge in [0.15, 0.2) is 0 Å². The maximum atomic E-state index is 11.9. The quantitative estimate of drug-likeness (QED) is 0.0624. The van der Waals surface area contributed by atoms with E-state index in [0.717, 1.165) is 51.5 Å². The van der Waals surface area contributed by atoms with Gasteiger partial charge < -0.3 is 14.4 Å². The van der Waals surface area contributed by atoms with Gasteiger partial charge >= 0.3 is 11.9 Å². The Balaban J connectivity index is 1.28. The molecule has 6 aromatic rings. The van der Waals surface area contributed by atoms with Gasteiger partial charge in [0.1, 0.15) is 11.5 Å². The molecule has 5 heteroatoms. The number of rotatable bonds is 10. The molecule has 0 bridgehead atoms. The third kappa shape index (κ3) is 6.72. The average molecular weight is 680 g/mol. The van der Waals surface area contributed by atoms with E-state index in [0.29, 0.717) is 11.5 Å². The molecule has 0 aromatic heterocycles. The van der Waals surface area contributed by atoms with Crippen LogP contribution in [0.4, 0.5) is 17.1 Å². The molecule has 5 nitrogen and oxygen atoms in total. The van der Waals surface area contributed by atoms with Crippen molar-refractivity contribution in [3.8, 4) is 22.6 Å². The van der Waals surface area contributed by atoms with E-state index in [2.05, 4.69) is 117 Å². The van der Waals surface area contributed by atoms with Crippen molar-refractivity contribution in [2.45, 2.75) is 19.3 Å². The summed E-state index contributed by atoms with van der Waals surface area (Å²) in [7, 11) is 0. The zero-order chi connectivity index (χ0) is 36.2. The van der Waals surface area contributed by atoms with Crippen LogP contribution < -0.4 is 14.4 Å². The monoisotopic (exact) mass is 679 g/mol. The predicted molar refractivity (Wildman–Crippen MR) is 210 cm³/mol. The minimum Gasteiger partial charge on any atom is -0.423 e. The number of ether oxygens (including phenoxy) is 2. The highest BCUT2D eigenvalue weighted by Crippen LogP contribution is 2.50. The topological polar surface area (TPSA) is 55.8 Å². The van der Waals surface area contributed by atoms with Crippen molar-refractivity contribution in [3.63, 3.8) is 0 Å². The molecule has 0 unspecified atom stereocenters. The zero-order valence-corrected chi connectivity index (χ0v) is 29.1. The number of carbonyl (C=O) groups is 2. The fourth-order valence-corrected chi connectivity index (χ4v) is 6.80. The molecule has 254 valence electrons. The molecule has 7 rings (SSSR count). The molecule has 1 aliphatic carbocycles. The smallest absolute Gasteiger partial charge is 0.335 e. The third-order valence-electron chi connectivity index (χ3n) is 9.40. The van der Waals surface area contributed by atoms with Crippen molar-refractivity contribution in [2.75, 3.05) is 4.90 Å². The number of hydrogen-bond acceptors (Lipinski definition) is 5. The maximum Gasteiger partial charge on any atom is 0.335 e. The molecule has 0 fully saturated rings. The van der Waals surface area contributed by atoms with Gasteiger partial charge in [-0.15, -0.1) is 0 Å². The van der Waals surface area contributed by atoms with Crippen LogP contribution in [0.1, 0.15) is 41.7 Å². The second kappa shape index (κ2) is 14.3. The summed E-state index contributed by atoms with van der Waals surface area (Å²) in [6.45, 7) is 11.5. The summed E-state index contributed by atoms with van der Waals surface area (Å²) >= 11 is 0. The first-order valence-corrected chi connectivity index (χ1v) is 17.1. The van der Waals surface area contributed by atoms with Gasteiger partial charge in [0.05, 0.1) is 0 Å². The van der Waals surface area contributed by atoms with Gasteiger partial charge in [-0.05, 0) is 111 Å². The molecular formula is C47H37NO4. The van der Waals surface area contributed by atoms with E-state index in [-0.39, 0.29) is 5.41 Å². The van der Waals surface area contributed by atoms with Crippen LogP contribution in [-0.2, 0) is 15.0 Å². The highest BCUT2D eigenvalue weighted by atomic mass is 16.5. The Morgan fingerprint density at radius 1 is 0.558 bits per heavy atom. The molecule has 0 atom stereocenters. The van der Waals surface area contributed by atoms with Crippen molar-refractivity contribution >= 4 is 40.6 Å². The predicted octanol–water partition coefficient (Wildman–Crippen LogP) is 11.2. The van der Waals surface area contributed by atoms with Gasteiger partial charge in [0.25, 0.3) is 0 Å². The highest BCUT2D eigenvalue weighted by Gasteiger charge is 2.35. The van der Waals surface area contributed by atoms with Crippen molar-refractivity contribution in [3.05, 3.63) is 199 Å². The van der Waals surface area contributed by atoms with Gasteiger partial charge in [-0.3, -0.25) is 0 Å². The van der Waals surface area contributed by atoms with Gasteiger partial charge in [-0.1, -0.05) is 112 Å². The lowest BCUT2D eigenvalue weighted by molar-refractivity contribution is -0.129. The third-order valence-corrected chi connectivity index (χ3v) is 9.40. The fraction of sp³-hybridized carbons (Fsp3) is 0.0638. The SMILES string of the molecule is C=CC(=O)Oc1ccc(C(=Cc2ccc(N(c3ccc(OC(=O)C=C)cc3)c3ccc4c(c3)C(C)(C)c3ccccc3-4)cc2)c2ccccc2)cc1. The van der Waals surface area contributed by atoms with E-state index in [1.165, 1.54) is 22.3 Å². The number of esters is 2. The van der Waals surface area contributed by atoms with Gasteiger partial charge in [0, 0.05) is 34.6 Å². The van der Waals surface area contributed by atoms with Crippen molar-refractivity contribution in [1.82, 2.24) is 0 Å². The normalized spacial score (nSPS) is 12.6. The molecule has 6 aromatic carbocycles. The van der Waals surface area contributed by atoms with E-state index in [9.17, 15) is 9.59 Å². The number of nitrogens with zero attached hydrogens (tertiary/aromatic N) is 1. The summed E-state index contributed by atoms with van der Waals surface area (Å²) in [5, 5.41) is 0. The number of anilines is 3. The van der Waals surface area contributed by atoms with Crippen molar-refractivity contribution in [1.29, 1.82) is 0 Å². The first kappa shape index (κ1) is 33.8. The summed E-state index contributed by atoms with van der Waals surface area (Å²) in [4.78, 5) is 25.8. The lowest BCUT2D eigenvalue weighted by Gasteiger charge is -2.28. The molecule has 0 saturated carbocycles. The summed E-state index contributed by atoms with van der Waals surface area (Å²) in [5.74, 6) is -0.103. The van der Waals surface area contributed by atoms with E-state index >= 15 is 0 Å². The van der Waals surface area contributed by atoms with Crippen LogP contribution in [0, 0.1) is 0 Å². The molecule has 0 spiro atoms. The summed E-state index contributed by atoms with van der Waals surface area (Å²) in [5.41, 5.74) is 11.9. The molecule has 0 amide bonds. The summed E-state index contributed by atoms with van der Waals surface area (Å²) in [6.07, 6.45) is 4.46. The Hall–Kier alpha value is -6.72. The Morgan fingerprint density at radius 2 is 1.06 bits per heavy atom. The van der Waals surface area contributed by atoms with Crippen LogP contribution in [0.25, 0.3) is 22.8 Å². The van der Waals surface area contributed by atoms with Crippen LogP contribution in [0.3, 0.4) is 0 Å². The number of carbonyl (C=O) groups excluding carboxylic acids is 2. The van der Waals surface area contributed by atoms with E-state index < -0.39 is 11.9 Å². The molecule has 0 saturated heterocycles. The van der Waals surface area contributed by atoms with Crippen LogP contribution in [-0.4, -0.2) is 11.9 Å². The number of hydrogen-bond donors (Lipinski definition) is 0. The molecule has 1 aliphatic rings. The molecule has 52 heavy (non-hydrogen) atoms. The van der Waals surface area contributed by atoms with Crippen molar-refractivity contribution in [2.24, 2.45) is 0 Å². The van der Waals surface area contributed by atoms with Gasteiger partial charge in [0.2, 0.25) is 0 Å². The van der Waals surface area contributed by atoms with Crippen LogP contribution in [0.5, 0.6) is 11.5 Å². The zero-order valence-electron chi connectivity index (χ0n) is 29.1.